The molecule has 0 aliphatic heterocycles. The highest BCUT2D eigenvalue weighted by atomic mass is 79.9. The molecular formula is C42H70Br2O14Si2. The van der Waals surface area contributed by atoms with Crippen molar-refractivity contribution in [1.82, 2.24) is 0 Å². The molecule has 0 bridgehead atoms. The largest absolute Gasteiger partial charge is 0.500 e. The maximum Gasteiger partial charge on any atom is 0.500 e. The van der Waals surface area contributed by atoms with E-state index in [1.165, 1.54) is 21.3 Å². The second-order valence-corrected chi connectivity index (χ2v) is 26.1. The van der Waals surface area contributed by atoms with E-state index >= 15 is 0 Å². The molecule has 0 aromatic heterocycles. The highest BCUT2D eigenvalue weighted by Crippen LogP contribution is 2.33. The van der Waals surface area contributed by atoms with Gasteiger partial charge in [-0.1, -0.05) is 73.4 Å². The molecule has 0 spiro atoms. The van der Waals surface area contributed by atoms with Crippen molar-refractivity contribution in [3.8, 4) is 0 Å². The van der Waals surface area contributed by atoms with Crippen LogP contribution >= 0.6 is 31.9 Å². The van der Waals surface area contributed by atoms with E-state index in [0.717, 1.165) is 48.6 Å². The van der Waals surface area contributed by atoms with Gasteiger partial charge in [0, 0.05) is 40.2 Å². The molecule has 14 nitrogen and oxygen atoms in total. The minimum absolute atomic E-state index is 0. The molecule has 60 heavy (non-hydrogen) atoms. The maximum atomic E-state index is 13.3. The Labute approximate surface area is 376 Å². The molecule has 1 aromatic rings. The van der Waals surface area contributed by atoms with Gasteiger partial charge in [0.15, 0.2) is 12.6 Å². The van der Waals surface area contributed by atoms with Crippen LogP contribution in [0.15, 0.2) is 24.3 Å². The zero-order chi connectivity index (χ0) is 44.5. The fourth-order valence-corrected chi connectivity index (χ4v) is 10.3. The van der Waals surface area contributed by atoms with Gasteiger partial charge in [-0.05, 0) is 105 Å². The van der Waals surface area contributed by atoms with Crippen molar-refractivity contribution in [2.24, 2.45) is 11.8 Å². The van der Waals surface area contributed by atoms with E-state index in [1.807, 2.05) is 38.1 Å². The molecule has 0 heterocycles. The van der Waals surface area contributed by atoms with Gasteiger partial charge in [0.2, 0.25) is 0 Å². The van der Waals surface area contributed by atoms with E-state index < -0.39 is 49.5 Å². The van der Waals surface area contributed by atoms with Gasteiger partial charge in [-0.3, -0.25) is 19.2 Å². The number of carbonyl (C=O) groups is 6. The van der Waals surface area contributed by atoms with Crippen molar-refractivity contribution in [1.29, 1.82) is 0 Å². The number of halogens is 2. The number of aryl methyl sites for hydroxylation is 2. The van der Waals surface area contributed by atoms with Crippen molar-refractivity contribution in [2.45, 2.75) is 139 Å². The lowest BCUT2D eigenvalue weighted by molar-refractivity contribution is -0.157. The summed E-state index contributed by atoms with van der Waals surface area (Å²) in [6.07, 6.45) is 6.53. The van der Waals surface area contributed by atoms with Crippen LogP contribution < -0.4 is 0 Å². The van der Waals surface area contributed by atoms with E-state index in [4.69, 9.17) is 32.2 Å². The number of unbranched alkanes of at least 4 members (excludes halogenated alkanes) is 2. The first kappa shape index (κ1) is 57.7. The van der Waals surface area contributed by atoms with Crippen LogP contribution in [0.1, 0.15) is 109 Å². The summed E-state index contributed by atoms with van der Waals surface area (Å²) in [4.78, 5) is 75.0. The second-order valence-electron chi connectivity index (χ2n) is 15.6. The average molecular weight is 1010 g/mol. The van der Waals surface area contributed by atoms with Crippen LogP contribution in [0, 0.1) is 11.8 Å². The molecule has 4 unspecified atom stereocenters. The normalized spacial score (nSPS) is 14.6. The smallest absolute Gasteiger partial charge is 0.465 e. The number of ether oxygens (including phenoxy) is 4. The van der Waals surface area contributed by atoms with E-state index in [0.29, 0.717) is 63.8 Å². The van der Waals surface area contributed by atoms with Crippen LogP contribution in [0.2, 0.25) is 18.6 Å². The summed E-state index contributed by atoms with van der Waals surface area (Å²) in [6.45, 7) is 9.84. The molecule has 0 saturated heterocycles. The van der Waals surface area contributed by atoms with Crippen LogP contribution in [0.5, 0.6) is 0 Å². The van der Waals surface area contributed by atoms with Gasteiger partial charge in [0.05, 0.1) is 31.7 Å². The lowest BCUT2D eigenvalue weighted by Crippen LogP contribution is -2.43. The number of alkyl halides is 2. The summed E-state index contributed by atoms with van der Waals surface area (Å²) in [6, 6.07) is 8.81. The summed E-state index contributed by atoms with van der Waals surface area (Å²) in [5, 5.41) is 0. The van der Waals surface area contributed by atoms with Gasteiger partial charge in [0.25, 0.3) is 0 Å². The first-order valence-electron chi connectivity index (χ1n) is 20.6. The van der Waals surface area contributed by atoms with E-state index in [2.05, 4.69) is 31.9 Å². The van der Waals surface area contributed by atoms with Crippen molar-refractivity contribution in [2.75, 3.05) is 41.2 Å². The highest BCUT2D eigenvalue weighted by molar-refractivity contribution is 9.10. The Morgan fingerprint density at radius 1 is 0.700 bits per heavy atom. The summed E-state index contributed by atoms with van der Waals surface area (Å²) in [5.41, 5.74) is 2.00. The minimum atomic E-state index is -2.80. The van der Waals surface area contributed by atoms with Gasteiger partial charge in [-0.25, -0.2) is 0 Å². The van der Waals surface area contributed by atoms with E-state index in [9.17, 15) is 28.8 Å². The third-order valence-corrected chi connectivity index (χ3v) is 16.6. The standard InChI is InChI=1S/C42H68Br2O13Si2.H2O/c1-9-11-24-54-38(48)35(29-41(3,43)40(50)56-26-14-28-59(51-5,52-6)53-7)22-20-33-16-18-34(19-17-33)21-23-36(39(49)55-25-12-10-2)30-42(4,44)57-37(47)15-13-27-58(8,31-45)32-46;/h16-19,31-32,35-36H,9-15,20-30H2,1-8H3;1H2. The molecule has 4 atom stereocenters. The molecule has 0 amide bonds. The molecule has 344 valence electrons. The Morgan fingerprint density at radius 2 is 1.15 bits per heavy atom. The molecular weight excluding hydrogens is 944 g/mol. The average Bonchev–Trinajstić information content (AvgIpc) is 3.21. The molecule has 0 radical (unpaired) electrons. The van der Waals surface area contributed by atoms with Gasteiger partial charge >= 0.3 is 32.7 Å². The molecule has 0 saturated carbocycles. The van der Waals surface area contributed by atoms with Crippen LogP contribution in [-0.4, -0.2) is 108 Å². The molecule has 1 aromatic carbocycles. The van der Waals surface area contributed by atoms with E-state index in [1.54, 1.807) is 20.4 Å². The van der Waals surface area contributed by atoms with Gasteiger partial charge in [-0.15, -0.1) is 0 Å². The van der Waals surface area contributed by atoms with Gasteiger partial charge < -0.3 is 47.3 Å². The zero-order valence-corrected chi connectivity index (χ0v) is 42.1. The highest BCUT2D eigenvalue weighted by Gasteiger charge is 2.40. The number of hydrogen-bond donors (Lipinski definition) is 0. The van der Waals surface area contributed by atoms with Crippen molar-refractivity contribution >= 4 is 84.4 Å². The number of carbonyl (C=O) groups excluding carboxylic acids is 6. The Bertz CT molecular complexity index is 1420. The number of rotatable bonds is 33. The molecule has 0 aliphatic carbocycles. The summed E-state index contributed by atoms with van der Waals surface area (Å²) < 4.78 is 36.6. The molecule has 2 N–H and O–H groups in total. The lowest BCUT2D eigenvalue weighted by Gasteiger charge is -2.27. The fourth-order valence-electron chi connectivity index (χ4n) is 6.27. The van der Waals surface area contributed by atoms with Crippen molar-refractivity contribution < 1.29 is 66.5 Å². The predicted octanol–water partition coefficient (Wildman–Crippen LogP) is 7.45. The maximum absolute atomic E-state index is 13.3. The third-order valence-electron chi connectivity index (χ3n) is 10.2. The van der Waals surface area contributed by atoms with Crippen LogP contribution in [-0.2, 0) is 73.8 Å². The Kier molecular flexibility index (Phi) is 28.7. The Balaban J connectivity index is 0.0000348. The first-order valence-corrected chi connectivity index (χ1v) is 27.0. The minimum Gasteiger partial charge on any atom is -0.465 e. The predicted molar refractivity (Wildman–Crippen MR) is 242 cm³/mol. The molecule has 1 rings (SSSR count). The van der Waals surface area contributed by atoms with Crippen LogP contribution in [0.4, 0.5) is 0 Å². The third kappa shape index (κ3) is 22.2. The number of benzene rings is 1. The second kappa shape index (κ2) is 29.9. The van der Waals surface area contributed by atoms with Crippen LogP contribution in [0.25, 0.3) is 0 Å². The first-order chi connectivity index (χ1) is 27.9. The quantitative estimate of drug-likeness (QED) is 0.0168. The molecule has 18 heteroatoms. The molecule has 0 aliphatic rings. The SMILES string of the molecule is CCCCOC(=O)C(CCc1ccc(CCC(CC(C)(Br)C(=O)OCCC[Si](OC)(OC)OC)C(=O)OCCCC)cc1)CC(C)(Br)OC(=O)CCC[Si](C)(C=O)C=O.O. The number of esters is 4. The zero-order valence-electron chi connectivity index (χ0n) is 36.9. The van der Waals surface area contributed by atoms with E-state index in [-0.39, 0.29) is 43.3 Å². The summed E-state index contributed by atoms with van der Waals surface area (Å²) >= 11 is 7.06. The monoisotopic (exact) mass is 1010 g/mol. The van der Waals surface area contributed by atoms with Crippen molar-refractivity contribution in [3.63, 3.8) is 0 Å². The summed E-state index contributed by atoms with van der Waals surface area (Å²) in [5.74, 6) is -1.37. The fraction of sp³-hybridized carbons (Fsp3) is 0.714. The number of hydrogen-bond acceptors (Lipinski definition) is 13. The van der Waals surface area contributed by atoms with Crippen molar-refractivity contribution in [3.05, 3.63) is 35.4 Å². The summed E-state index contributed by atoms with van der Waals surface area (Å²) in [7, 11) is -0.860. The van der Waals surface area contributed by atoms with Gasteiger partial charge in [0.1, 0.15) is 16.1 Å². The van der Waals surface area contributed by atoms with Gasteiger partial charge in [-0.2, -0.15) is 0 Å². The molecule has 0 fully saturated rings. The topological polar surface area (TPSA) is 199 Å². The Hall–Kier alpha value is -2.33. The lowest BCUT2D eigenvalue weighted by atomic mass is 9.89. The van der Waals surface area contributed by atoms with Crippen LogP contribution in [0.3, 0.4) is 0 Å². The Morgan fingerprint density at radius 3 is 1.58 bits per heavy atom.